The SMILES string of the molecule is CN=C(NCc1nc(C)c(C)s1)NCC1CCCC(C)C1. The Kier molecular flexibility index (Phi) is 6.03. The van der Waals surface area contributed by atoms with Crippen LogP contribution in [0.15, 0.2) is 4.99 Å². The lowest BCUT2D eigenvalue weighted by molar-refractivity contribution is 0.282. The first-order valence-electron chi connectivity index (χ1n) is 7.96. The van der Waals surface area contributed by atoms with Crippen LogP contribution in [0.3, 0.4) is 0 Å². The molecule has 1 saturated carbocycles. The Balaban J connectivity index is 1.75. The zero-order valence-corrected chi connectivity index (χ0v) is 14.5. The van der Waals surface area contributed by atoms with E-state index in [4.69, 9.17) is 0 Å². The largest absolute Gasteiger partial charge is 0.356 e. The van der Waals surface area contributed by atoms with Gasteiger partial charge in [0.2, 0.25) is 0 Å². The van der Waals surface area contributed by atoms with Crippen LogP contribution in [0.25, 0.3) is 0 Å². The van der Waals surface area contributed by atoms with Crippen LogP contribution < -0.4 is 10.6 Å². The third kappa shape index (κ3) is 4.99. The standard InChI is InChI=1S/C16H28N4S/c1-11-6-5-7-14(8-11)9-18-16(17-4)19-10-15-20-12(2)13(3)21-15/h11,14H,5-10H2,1-4H3,(H2,17,18,19). The molecule has 0 aliphatic heterocycles. The summed E-state index contributed by atoms with van der Waals surface area (Å²) >= 11 is 1.76. The quantitative estimate of drug-likeness (QED) is 0.663. The van der Waals surface area contributed by atoms with Crippen LogP contribution >= 0.6 is 11.3 Å². The summed E-state index contributed by atoms with van der Waals surface area (Å²) < 4.78 is 0. The number of aryl methyl sites for hydroxylation is 2. The minimum atomic E-state index is 0.750. The number of nitrogens with one attached hydrogen (secondary N) is 2. The van der Waals surface area contributed by atoms with Crippen LogP contribution in [0.5, 0.6) is 0 Å². The Morgan fingerprint density at radius 1 is 1.33 bits per heavy atom. The van der Waals surface area contributed by atoms with Gasteiger partial charge >= 0.3 is 0 Å². The lowest BCUT2D eigenvalue weighted by atomic mass is 9.82. The van der Waals surface area contributed by atoms with Gasteiger partial charge < -0.3 is 10.6 Å². The highest BCUT2D eigenvalue weighted by molar-refractivity contribution is 7.11. The van der Waals surface area contributed by atoms with E-state index >= 15 is 0 Å². The summed E-state index contributed by atoms with van der Waals surface area (Å²) in [5.41, 5.74) is 1.14. The molecule has 0 spiro atoms. The van der Waals surface area contributed by atoms with Crippen LogP contribution in [0.4, 0.5) is 0 Å². The second-order valence-corrected chi connectivity index (χ2v) is 7.48. The average molecular weight is 308 g/mol. The highest BCUT2D eigenvalue weighted by Crippen LogP contribution is 2.27. The van der Waals surface area contributed by atoms with E-state index in [0.717, 1.165) is 41.6 Å². The molecular weight excluding hydrogens is 280 g/mol. The number of hydrogen-bond acceptors (Lipinski definition) is 3. The zero-order chi connectivity index (χ0) is 15.2. The molecule has 1 heterocycles. The smallest absolute Gasteiger partial charge is 0.191 e. The molecule has 1 aliphatic carbocycles. The number of hydrogen-bond donors (Lipinski definition) is 2. The van der Waals surface area contributed by atoms with E-state index < -0.39 is 0 Å². The minimum absolute atomic E-state index is 0.750. The molecule has 21 heavy (non-hydrogen) atoms. The van der Waals surface area contributed by atoms with Crippen molar-refractivity contribution in [3.63, 3.8) is 0 Å². The first kappa shape index (κ1) is 16.3. The van der Waals surface area contributed by atoms with E-state index in [1.165, 1.54) is 30.6 Å². The molecule has 0 radical (unpaired) electrons. The van der Waals surface area contributed by atoms with E-state index in [2.05, 4.69) is 41.4 Å². The van der Waals surface area contributed by atoms with Gasteiger partial charge in [-0.25, -0.2) is 4.98 Å². The van der Waals surface area contributed by atoms with E-state index in [0.29, 0.717) is 0 Å². The van der Waals surface area contributed by atoms with Crippen LogP contribution in [0.1, 0.15) is 48.2 Å². The van der Waals surface area contributed by atoms with Crippen molar-refractivity contribution in [2.75, 3.05) is 13.6 Å². The molecule has 0 amide bonds. The zero-order valence-electron chi connectivity index (χ0n) is 13.7. The second-order valence-electron chi connectivity index (χ2n) is 6.19. The molecule has 1 fully saturated rings. The molecule has 1 aromatic rings. The molecular formula is C16H28N4S. The Labute approximate surface area is 132 Å². The Hall–Kier alpha value is -1.10. The van der Waals surface area contributed by atoms with E-state index in [-0.39, 0.29) is 0 Å². The van der Waals surface area contributed by atoms with Gasteiger partial charge in [-0.3, -0.25) is 4.99 Å². The fraction of sp³-hybridized carbons (Fsp3) is 0.750. The molecule has 118 valence electrons. The minimum Gasteiger partial charge on any atom is -0.356 e. The summed E-state index contributed by atoms with van der Waals surface area (Å²) in [5.74, 6) is 2.55. The fourth-order valence-corrected chi connectivity index (χ4v) is 3.85. The summed E-state index contributed by atoms with van der Waals surface area (Å²) in [6.45, 7) is 8.33. The van der Waals surface area contributed by atoms with Crippen molar-refractivity contribution in [1.82, 2.24) is 15.6 Å². The molecule has 0 bridgehead atoms. The fourth-order valence-electron chi connectivity index (χ4n) is 2.98. The number of guanidine groups is 1. The first-order valence-corrected chi connectivity index (χ1v) is 8.77. The van der Waals surface area contributed by atoms with Crippen molar-refractivity contribution in [3.8, 4) is 0 Å². The maximum Gasteiger partial charge on any atom is 0.191 e. The van der Waals surface area contributed by atoms with Crippen molar-refractivity contribution >= 4 is 17.3 Å². The normalized spacial score (nSPS) is 23.1. The van der Waals surface area contributed by atoms with Crippen molar-refractivity contribution in [3.05, 3.63) is 15.6 Å². The van der Waals surface area contributed by atoms with Gasteiger partial charge in [-0.15, -0.1) is 11.3 Å². The van der Waals surface area contributed by atoms with Gasteiger partial charge in [0.1, 0.15) is 5.01 Å². The Morgan fingerprint density at radius 3 is 2.76 bits per heavy atom. The summed E-state index contributed by atoms with van der Waals surface area (Å²) in [4.78, 5) is 10.2. The second kappa shape index (κ2) is 7.78. The summed E-state index contributed by atoms with van der Waals surface area (Å²) in [5, 5.41) is 7.96. The molecule has 1 aliphatic rings. The summed E-state index contributed by atoms with van der Waals surface area (Å²) in [7, 11) is 1.83. The van der Waals surface area contributed by atoms with Crippen molar-refractivity contribution in [2.24, 2.45) is 16.8 Å². The van der Waals surface area contributed by atoms with Crippen LogP contribution in [0.2, 0.25) is 0 Å². The summed E-state index contributed by atoms with van der Waals surface area (Å²) in [6.07, 6.45) is 5.46. The predicted octanol–water partition coefficient (Wildman–Crippen LogP) is 3.25. The maximum atomic E-state index is 4.55. The molecule has 2 unspecified atom stereocenters. The van der Waals surface area contributed by atoms with Crippen LogP contribution in [-0.4, -0.2) is 24.5 Å². The topological polar surface area (TPSA) is 49.3 Å². The van der Waals surface area contributed by atoms with Crippen molar-refractivity contribution in [2.45, 2.75) is 53.0 Å². The van der Waals surface area contributed by atoms with Gasteiger partial charge in [0.05, 0.1) is 12.2 Å². The lowest BCUT2D eigenvalue weighted by Gasteiger charge is -2.27. The number of thiazole rings is 1. The van der Waals surface area contributed by atoms with Gasteiger partial charge in [0.15, 0.2) is 5.96 Å². The van der Waals surface area contributed by atoms with E-state index in [1.807, 2.05) is 7.05 Å². The monoisotopic (exact) mass is 308 g/mol. The van der Waals surface area contributed by atoms with E-state index in [1.54, 1.807) is 11.3 Å². The van der Waals surface area contributed by atoms with Gasteiger partial charge in [-0.05, 0) is 38.5 Å². The molecule has 2 atom stereocenters. The third-order valence-corrected chi connectivity index (χ3v) is 5.38. The van der Waals surface area contributed by atoms with Crippen LogP contribution in [-0.2, 0) is 6.54 Å². The molecule has 0 saturated heterocycles. The maximum absolute atomic E-state index is 4.55. The van der Waals surface area contributed by atoms with Crippen molar-refractivity contribution < 1.29 is 0 Å². The molecule has 0 aromatic carbocycles. The molecule has 1 aromatic heterocycles. The number of aromatic nitrogens is 1. The molecule has 5 heteroatoms. The third-order valence-electron chi connectivity index (χ3n) is 4.31. The average Bonchev–Trinajstić information content (AvgIpc) is 2.78. The van der Waals surface area contributed by atoms with Gasteiger partial charge in [0, 0.05) is 18.5 Å². The number of aliphatic imine (C=N–C) groups is 1. The van der Waals surface area contributed by atoms with Crippen molar-refractivity contribution in [1.29, 1.82) is 0 Å². The molecule has 2 rings (SSSR count). The highest BCUT2D eigenvalue weighted by atomic mass is 32.1. The Morgan fingerprint density at radius 2 is 2.14 bits per heavy atom. The van der Waals surface area contributed by atoms with Crippen LogP contribution in [0, 0.1) is 25.7 Å². The number of nitrogens with zero attached hydrogens (tertiary/aromatic N) is 2. The predicted molar refractivity (Wildman–Crippen MR) is 90.9 cm³/mol. The van der Waals surface area contributed by atoms with Gasteiger partial charge in [-0.1, -0.05) is 19.8 Å². The molecule has 4 nitrogen and oxygen atoms in total. The summed E-state index contributed by atoms with van der Waals surface area (Å²) in [6, 6.07) is 0. The number of rotatable bonds is 4. The lowest BCUT2D eigenvalue weighted by Crippen LogP contribution is -2.40. The van der Waals surface area contributed by atoms with Gasteiger partial charge in [0.25, 0.3) is 0 Å². The Bertz CT molecular complexity index is 461. The molecule has 2 N–H and O–H groups in total. The first-order chi connectivity index (χ1) is 10.1. The van der Waals surface area contributed by atoms with Gasteiger partial charge in [-0.2, -0.15) is 0 Å². The highest BCUT2D eigenvalue weighted by Gasteiger charge is 2.18. The van der Waals surface area contributed by atoms with E-state index in [9.17, 15) is 0 Å².